The first-order valence-electron chi connectivity index (χ1n) is 4.39. The highest BCUT2D eigenvalue weighted by atomic mass is 16.3. The molecule has 0 aromatic heterocycles. The topological polar surface area (TPSA) is 20.2 Å². The van der Waals surface area contributed by atoms with E-state index in [0.717, 1.165) is 0 Å². The Morgan fingerprint density at radius 3 is 2.64 bits per heavy atom. The van der Waals surface area contributed by atoms with Gasteiger partial charge in [0.2, 0.25) is 0 Å². The van der Waals surface area contributed by atoms with Crippen molar-refractivity contribution in [3.8, 4) is 0 Å². The highest BCUT2D eigenvalue weighted by Gasteiger charge is 2.69. The molecule has 2 atom stereocenters. The third-order valence-electron chi connectivity index (χ3n) is 3.65. The molecule has 0 amide bonds. The van der Waals surface area contributed by atoms with Gasteiger partial charge in [-0.25, -0.2) is 0 Å². The maximum atomic E-state index is 10.1. The first kappa shape index (κ1) is 7.35. The van der Waals surface area contributed by atoms with Crippen LogP contribution in [0.2, 0.25) is 0 Å². The normalized spacial score (nSPS) is 46.2. The van der Waals surface area contributed by atoms with Gasteiger partial charge in [0, 0.05) is 11.3 Å². The number of allylic oxidation sites excluding steroid dienone is 1. The lowest BCUT2D eigenvalue weighted by Crippen LogP contribution is -2.15. The number of hydrogen-bond donors (Lipinski definition) is 1. The second-order valence-corrected chi connectivity index (χ2v) is 4.63. The van der Waals surface area contributed by atoms with E-state index in [2.05, 4.69) is 26.8 Å². The van der Waals surface area contributed by atoms with E-state index in [9.17, 15) is 5.11 Å². The van der Waals surface area contributed by atoms with E-state index >= 15 is 0 Å². The van der Waals surface area contributed by atoms with Crippen molar-refractivity contribution >= 4 is 0 Å². The molecule has 2 aliphatic carbocycles. The van der Waals surface area contributed by atoms with Crippen LogP contribution in [0.15, 0.2) is 11.6 Å². The van der Waals surface area contributed by atoms with Crippen molar-refractivity contribution < 1.29 is 5.11 Å². The predicted molar refractivity (Wildman–Crippen MR) is 45.2 cm³/mol. The molecule has 1 fully saturated rings. The van der Waals surface area contributed by atoms with Crippen LogP contribution in [0.3, 0.4) is 0 Å². The van der Waals surface area contributed by atoms with Crippen molar-refractivity contribution in [2.75, 3.05) is 0 Å². The van der Waals surface area contributed by atoms with Crippen molar-refractivity contribution in [1.29, 1.82) is 0 Å². The van der Waals surface area contributed by atoms with Gasteiger partial charge in [0.05, 0.1) is 5.60 Å². The van der Waals surface area contributed by atoms with Crippen molar-refractivity contribution in [1.82, 2.24) is 0 Å². The molecule has 0 aromatic rings. The van der Waals surface area contributed by atoms with Crippen molar-refractivity contribution in [3.63, 3.8) is 0 Å². The van der Waals surface area contributed by atoms with E-state index in [-0.39, 0.29) is 5.41 Å². The smallest absolute Gasteiger partial charge is 0.0919 e. The first-order valence-corrected chi connectivity index (χ1v) is 4.39. The molecule has 0 aliphatic heterocycles. The van der Waals surface area contributed by atoms with Crippen LogP contribution in [0.5, 0.6) is 0 Å². The van der Waals surface area contributed by atoms with Gasteiger partial charge in [-0.3, -0.25) is 0 Å². The molecule has 0 bridgehead atoms. The molecule has 2 rings (SSSR count). The molecular weight excluding hydrogens is 136 g/mol. The van der Waals surface area contributed by atoms with Gasteiger partial charge in [0.15, 0.2) is 0 Å². The summed E-state index contributed by atoms with van der Waals surface area (Å²) in [7, 11) is 0. The van der Waals surface area contributed by atoms with E-state index in [0.29, 0.717) is 5.92 Å². The molecule has 0 aromatic carbocycles. The summed E-state index contributed by atoms with van der Waals surface area (Å²) in [5.74, 6) is 0.527. The van der Waals surface area contributed by atoms with Gasteiger partial charge in [-0.05, 0) is 19.8 Å². The Bertz CT molecular complexity index is 227. The standard InChI is InChI=1S/C10H16O/c1-7-4-5-8-9(2,3)10(8,11)6-7/h6,8,11H,4-5H2,1-3H3. The van der Waals surface area contributed by atoms with Crippen LogP contribution in [-0.2, 0) is 0 Å². The van der Waals surface area contributed by atoms with E-state index in [1.165, 1.54) is 18.4 Å². The largest absolute Gasteiger partial charge is 0.385 e. The summed E-state index contributed by atoms with van der Waals surface area (Å²) < 4.78 is 0. The third-order valence-corrected chi connectivity index (χ3v) is 3.65. The number of rotatable bonds is 0. The predicted octanol–water partition coefficient (Wildman–Crippen LogP) is 2.11. The van der Waals surface area contributed by atoms with Gasteiger partial charge in [-0.2, -0.15) is 0 Å². The molecule has 0 saturated heterocycles. The first-order chi connectivity index (χ1) is 4.98. The summed E-state index contributed by atoms with van der Waals surface area (Å²) in [4.78, 5) is 0. The molecule has 2 unspecified atom stereocenters. The molecule has 1 N–H and O–H groups in total. The lowest BCUT2D eigenvalue weighted by molar-refractivity contribution is 0.146. The third kappa shape index (κ3) is 0.698. The Balaban J connectivity index is 2.34. The average Bonchev–Trinajstić information content (AvgIpc) is 2.26. The molecule has 11 heavy (non-hydrogen) atoms. The molecule has 2 aliphatic rings. The van der Waals surface area contributed by atoms with Gasteiger partial charge in [-0.15, -0.1) is 0 Å². The molecule has 1 nitrogen and oxygen atoms in total. The maximum absolute atomic E-state index is 10.1. The zero-order chi connectivity index (χ0) is 8.28. The van der Waals surface area contributed by atoms with E-state index in [1.54, 1.807) is 0 Å². The van der Waals surface area contributed by atoms with Crippen molar-refractivity contribution in [2.24, 2.45) is 11.3 Å². The van der Waals surface area contributed by atoms with Gasteiger partial charge < -0.3 is 5.11 Å². The summed E-state index contributed by atoms with van der Waals surface area (Å²) in [6.07, 6.45) is 4.42. The fourth-order valence-electron chi connectivity index (χ4n) is 2.57. The second kappa shape index (κ2) is 1.71. The molecule has 0 spiro atoms. The van der Waals surface area contributed by atoms with Gasteiger partial charge in [-0.1, -0.05) is 25.5 Å². The summed E-state index contributed by atoms with van der Waals surface area (Å²) in [5.41, 5.74) is 1.05. The molecular formula is C10H16O. The zero-order valence-electron chi connectivity index (χ0n) is 7.52. The van der Waals surface area contributed by atoms with Crippen LogP contribution in [0.25, 0.3) is 0 Å². The molecule has 1 saturated carbocycles. The minimum atomic E-state index is -0.449. The molecule has 0 heterocycles. The Morgan fingerprint density at radius 2 is 2.18 bits per heavy atom. The second-order valence-electron chi connectivity index (χ2n) is 4.63. The number of fused-ring (bicyclic) bond motifs is 1. The Labute approximate surface area is 68.1 Å². The van der Waals surface area contributed by atoms with Crippen LogP contribution in [0, 0.1) is 11.3 Å². The Hall–Kier alpha value is -0.300. The van der Waals surface area contributed by atoms with Crippen molar-refractivity contribution in [3.05, 3.63) is 11.6 Å². The van der Waals surface area contributed by atoms with E-state index < -0.39 is 5.60 Å². The molecule has 0 radical (unpaired) electrons. The minimum Gasteiger partial charge on any atom is -0.385 e. The molecule has 1 heteroatoms. The lowest BCUT2D eigenvalue weighted by atomic mass is 9.99. The summed E-state index contributed by atoms with van der Waals surface area (Å²) in [5, 5.41) is 10.1. The monoisotopic (exact) mass is 152 g/mol. The summed E-state index contributed by atoms with van der Waals surface area (Å²) in [6, 6.07) is 0. The number of aliphatic hydroxyl groups is 1. The van der Waals surface area contributed by atoms with Crippen LogP contribution in [-0.4, -0.2) is 10.7 Å². The van der Waals surface area contributed by atoms with Gasteiger partial charge >= 0.3 is 0 Å². The van der Waals surface area contributed by atoms with Crippen LogP contribution < -0.4 is 0 Å². The Kier molecular flexibility index (Phi) is 1.15. The minimum absolute atomic E-state index is 0.144. The average molecular weight is 152 g/mol. The maximum Gasteiger partial charge on any atom is 0.0919 e. The summed E-state index contributed by atoms with van der Waals surface area (Å²) >= 11 is 0. The van der Waals surface area contributed by atoms with Gasteiger partial charge in [0.1, 0.15) is 0 Å². The van der Waals surface area contributed by atoms with Crippen LogP contribution in [0.4, 0.5) is 0 Å². The van der Waals surface area contributed by atoms with E-state index in [4.69, 9.17) is 0 Å². The zero-order valence-corrected chi connectivity index (χ0v) is 7.52. The van der Waals surface area contributed by atoms with E-state index in [1.807, 2.05) is 0 Å². The fraction of sp³-hybridized carbons (Fsp3) is 0.800. The SMILES string of the molecule is CC1=CC2(O)C(CC1)C2(C)C. The van der Waals surface area contributed by atoms with Crippen molar-refractivity contribution in [2.45, 2.75) is 39.2 Å². The van der Waals surface area contributed by atoms with Gasteiger partial charge in [0.25, 0.3) is 0 Å². The highest BCUT2D eigenvalue weighted by molar-refractivity contribution is 5.33. The lowest BCUT2D eigenvalue weighted by Gasteiger charge is -2.13. The highest BCUT2D eigenvalue weighted by Crippen LogP contribution is 2.66. The number of hydrogen-bond acceptors (Lipinski definition) is 1. The summed E-state index contributed by atoms with van der Waals surface area (Å²) in [6.45, 7) is 6.43. The quantitative estimate of drug-likeness (QED) is 0.527. The fourth-order valence-corrected chi connectivity index (χ4v) is 2.57. The Morgan fingerprint density at radius 1 is 1.55 bits per heavy atom. The molecule has 62 valence electrons. The van der Waals surface area contributed by atoms with Crippen LogP contribution in [0.1, 0.15) is 33.6 Å². The van der Waals surface area contributed by atoms with Crippen LogP contribution >= 0.6 is 0 Å².